The monoisotopic (exact) mass is 473 g/mol. The summed E-state index contributed by atoms with van der Waals surface area (Å²) in [7, 11) is 0. The van der Waals surface area contributed by atoms with Gasteiger partial charge in [-0.15, -0.1) is 0 Å². The van der Waals surface area contributed by atoms with Gasteiger partial charge in [-0.3, -0.25) is 14.4 Å². The molecule has 0 aliphatic rings. The lowest BCUT2D eigenvalue weighted by Crippen LogP contribution is -2.55. The second-order valence-electron chi connectivity index (χ2n) is 9.67. The molecule has 0 bridgehead atoms. The fourth-order valence-corrected chi connectivity index (χ4v) is 3.82. The maximum absolute atomic E-state index is 13.0. The van der Waals surface area contributed by atoms with Crippen LogP contribution in [0.15, 0.2) is 24.3 Å². The molecule has 0 radical (unpaired) electrons. The third-order valence-corrected chi connectivity index (χ3v) is 6.04. The molecule has 0 unspecified atom stereocenters. The Morgan fingerprint density at radius 1 is 0.647 bits per heavy atom. The summed E-state index contributed by atoms with van der Waals surface area (Å²) in [6.45, 7) is 8.94. The van der Waals surface area contributed by atoms with Crippen LogP contribution in [-0.2, 0) is 4.79 Å². The minimum absolute atomic E-state index is 0.223. The molecule has 6 heteroatoms. The molecule has 192 valence electrons. The molecule has 0 heterocycles. The van der Waals surface area contributed by atoms with E-state index in [1.807, 2.05) is 0 Å². The van der Waals surface area contributed by atoms with Gasteiger partial charge in [-0.05, 0) is 38.8 Å². The third-order valence-electron chi connectivity index (χ3n) is 6.04. The largest absolute Gasteiger partial charge is 0.354 e. The average molecular weight is 474 g/mol. The smallest absolute Gasteiger partial charge is 0.252 e. The minimum atomic E-state index is -1.08. The van der Waals surface area contributed by atoms with E-state index in [0.717, 1.165) is 25.7 Å². The van der Waals surface area contributed by atoms with E-state index < -0.39 is 11.4 Å². The molecular formula is C28H47N3O3. The highest BCUT2D eigenvalue weighted by molar-refractivity contribution is 6.08. The number of hydrogen-bond acceptors (Lipinski definition) is 3. The summed E-state index contributed by atoms with van der Waals surface area (Å²) in [6, 6.07) is 6.75. The molecule has 3 N–H and O–H groups in total. The summed E-state index contributed by atoms with van der Waals surface area (Å²) in [5.74, 6) is -0.908. The fourth-order valence-electron chi connectivity index (χ4n) is 3.82. The van der Waals surface area contributed by atoms with Crippen molar-refractivity contribution in [3.05, 3.63) is 35.4 Å². The predicted octanol–water partition coefficient (Wildman–Crippen LogP) is 5.76. The van der Waals surface area contributed by atoms with Crippen molar-refractivity contribution in [3.8, 4) is 0 Å². The van der Waals surface area contributed by atoms with Crippen molar-refractivity contribution in [3.63, 3.8) is 0 Å². The molecule has 0 aliphatic carbocycles. The van der Waals surface area contributed by atoms with Gasteiger partial charge in [-0.2, -0.15) is 0 Å². The van der Waals surface area contributed by atoms with Crippen LogP contribution in [-0.4, -0.2) is 36.3 Å². The van der Waals surface area contributed by atoms with Crippen LogP contribution in [0.5, 0.6) is 0 Å². The van der Waals surface area contributed by atoms with Gasteiger partial charge in [0.15, 0.2) is 0 Å². The van der Waals surface area contributed by atoms with Gasteiger partial charge in [0.2, 0.25) is 5.91 Å². The molecule has 3 amide bonds. The van der Waals surface area contributed by atoms with Crippen LogP contribution in [0.3, 0.4) is 0 Å². The number of carbonyl (C=O) groups is 3. The number of amides is 3. The number of rotatable bonds is 18. The second-order valence-corrected chi connectivity index (χ2v) is 9.67. The van der Waals surface area contributed by atoms with Crippen molar-refractivity contribution in [1.82, 2.24) is 16.0 Å². The van der Waals surface area contributed by atoms with E-state index in [-0.39, 0.29) is 17.4 Å². The number of unbranched alkanes of at least 4 members (excludes halogenated alkanes) is 10. The molecule has 34 heavy (non-hydrogen) atoms. The van der Waals surface area contributed by atoms with Crippen LogP contribution in [0.4, 0.5) is 0 Å². The van der Waals surface area contributed by atoms with E-state index in [1.54, 1.807) is 38.1 Å². The normalized spacial score (nSPS) is 11.2. The molecule has 1 rings (SSSR count). The quantitative estimate of drug-likeness (QED) is 0.237. The molecule has 1 aromatic rings. The van der Waals surface area contributed by atoms with Crippen LogP contribution in [0.2, 0.25) is 0 Å². The third kappa shape index (κ3) is 11.7. The standard InChI is InChI=1S/C28H47N3O3/c1-5-7-9-11-13-17-21-29-25(32)23-19-15-16-20-24(23)26(33)31-28(3,4)27(34)30-22-18-14-12-10-8-6-2/h15-16,19-20H,5-14,17-18,21-22H2,1-4H3,(H,29,32)(H,30,34)(H,31,33). The van der Waals surface area contributed by atoms with Crippen molar-refractivity contribution in [2.75, 3.05) is 13.1 Å². The van der Waals surface area contributed by atoms with Crippen molar-refractivity contribution >= 4 is 17.7 Å². The van der Waals surface area contributed by atoms with Crippen molar-refractivity contribution in [2.45, 2.75) is 110 Å². The molecule has 0 fully saturated rings. The van der Waals surface area contributed by atoms with Gasteiger partial charge in [0.25, 0.3) is 11.8 Å². The van der Waals surface area contributed by atoms with E-state index in [4.69, 9.17) is 0 Å². The summed E-state index contributed by atoms with van der Waals surface area (Å²) in [5.41, 5.74) is -0.476. The fraction of sp³-hybridized carbons (Fsp3) is 0.679. The SMILES string of the molecule is CCCCCCCCNC(=O)c1ccccc1C(=O)NC(C)(C)C(=O)NCCCCCCCC. The summed E-state index contributed by atoms with van der Waals surface area (Å²) < 4.78 is 0. The lowest BCUT2D eigenvalue weighted by atomic mass is 10.0. The predicted molar refractivity (Wildman–Crippen MR) is 140 cm³/mol. The second kappa shape index (κ2) is 17.1. The Labute approximate surface area is 207 Å². The van der Waals surface area contributed by atoms with Gasteiger partial charge in [-0.1, -0.05) is 90.2 Å². The molecule has 6 nitrogen and oxygen atoms in total. The zero-order chi connectivity index (χ0) is 25.2. The Balaban J connectivity index is 2.54. The van der Waals surface area contributed by atoms with E-state index in [2.05, 4.69) is 29.8 Å². The van der Waals surface area contributed by atoms with Crippen LogP contribution in [0.25, 0.3) is 0 Å². The summed E-state index contributed by atoms with van der Waals surface area (Å²) in [4.78, 5) is 38.3. The van der Waals surface area contributed by atoms with Crippen molar-refractivity contribution < 1.29 is 14.4 Å². The molecule has 0 saturated carbocycles. The topological polar surface area (TPSA) is 87.3 Å². The number of hydrogen-bond donors (Lipinski definition) is 3. The highest BCUT2D eigenvalue weighted by atomic mass is 16.2. The van der Waals surface area contributed by atoms with Gasteiger partial charge in [0.1, 0.15) is 5.54 Å². The van der Waals surface area contributed by atoms with Gasteiger partial charge >= 0.3 is 0 Å². The first-order chi connectivity index (χ1) is 16.3. The maximum Gasteiger partial charge on any atom is 0.252 e. The first-order valence-electron chi connectivity index (χ1n) is 13.3. The minimum Gasteiger partial charge on any atom is -0.354 e. The summed E-state index contributed by atoms with van der Waals surface area (Å²) in [5, 5.41) is 8.65. The Hall–Kier alpha value is -2.37. The van der Waals surface area contributed by atoms with Gasteiger partial charge in [0.05, 0.1) is 11.1 Å². The molecule has 1 aromatic carbocycles. The molecule has 0 spiro atoms. The number of benzene rings is 1. The summed E-state index contributed by atoms with van der Waals surface area (Å²) >= 11 is 0. The van der Waals surface area contributed by atoms with Crippen LogP contribution < -0.4 is 16.0 Å². The zero-order valence-electron chi connectivity index (χ0n) is 21.9. The number of nitrogens with one attached hydrogen (secondary N) is 3. The number of carbonyl (C=O) groups excluding carboxylic acids is 3. The molecular weight excluding hydrogens is 426 g/mol. The van der Waals surface area contributed by atoms with Crippen molar-refractivity contribution in [1.29, 1.82) is 0 Å². The highest BCUT2D eigenvalue weighted by Gasteiger charge is 2.30. The van der Waals surface area contributed by atoms with Crippen LogP contribution in [0.1, 0.15) is 125 Å². The van der Waals surface area contributed by atoms with Gasteiger partial charge in [-0.25, -0.2) is 0 Å². The van der Waals surface area contributed by atoms with Gasteiger partial charge < -0.3 is 16.0 Å². The van der Waals surface area contributed by atoms with E-state index in [0.29, 0.717) is 18.7 Å². The van der Waals surface area contributed by atoms with Gasteiger partial charge in [0, 0.05) is 13.1 Å². The molecule has 0 atom stereocenters. The van der Waals surface area contributed by atoms with Crippen LogP contribution >= 0.6 is 0 Å². The lowest BCUT2D eigenvalue weighted by molar-refractivity contribution is -0.126. The Bertz CT molecular complexity index is 746. The van der Waals surface area contributed by atoms with Crippen LogP contribution in [0, 0.1) is 0 Å². The highest BCUT2D eigenvalue weighted by Crippen LogP contribution is 2.12. The summed E-state index contributed by atoms with van der Waals surface area (Å²) in [6.07, 6.45) is 13.8. The molecule has 0 aromatic heterocycles. The lowest BCUT2D eigenvalue weighted by Gasteiger charge is -2.25. The maximum atomic E-state index is 13.0. The van der Waals surface area contributed by atoms with Crippen molar-refractivity contribution in [2.24, 2.45) is 0 Å². The van der Waals surface area contributed by atoms with E-state index in [9.17, 15) is 14.4 Å². The first-order valence-corrected chi connectivity index (χ1v) is 13.3. The average Bonchev–Trinajstić information content (AvgIpc) is 2.82. The molecule has 0 saturated heterocycles. The Morgan fingerprint density at radius 3 is 1.62 bits per heavy atom. The van der Waals surface area contributed by atoms with E-state index in [1.165, 1.54) is 51.4 Å². The van der Waals surface area contributed by atoms with E-state index >= 15 is 0 Å². The first kappa shape index (κ1) is 29.7. The zero-order valence-corrected chi connectivity index (χ0v) is 21.9. The Morgan fingerprint density at radius 2 is 1.09 bits per heavy atom. The molecule has 0 aliphatic heterocycles. The Kier molecular flexibility index (Phi) is 14.9.